The molecule has 0 aliphatic heterocycles. The molecule has 1 fully saturated rings. The minimum atomic E-state index is -3.83. The number of benzene rings is 1. The molecule has 1 aliphatic carbocycles. The van der Waals surface area contributed by atoms with Crippen molar-refractivity contribution in [3.63, 3.8) is 0 Å². The van der Waals surface area contributed by atoms with Crippen LogP contribution in [0.1, 0.15) is 30.0 Å². The second kappa shape index (κ2) is 6.12. The molecule has 0 atom stereocenters. The van der Waals surface area contributed by atoms with Gasteiger partial charge in [0.1, 0.15) is 5.69 Å². The first-order valence-electron chi connectivity index (χ1n) is 7.41. The fourth-order valence-corrected chi connectivity index (χ4v) is 3.72. The molecule has 2 N–H and O–H groups in total. The van der Waals surface area contributed by atoms with Crippen molar-refractivity contribution in [1.82, 2.24) is 4.57 Å². The minimum absolute atomic E-state index is 0.0452. The first-order valence-corrected chi connectivity index (χ1v) is 9.06. The number of pyridine rings is 1. The smallest absolute Gasteiger partial charge is 0.418 e. The quantitative estimate of drug-likeness (QED) is 0.862. The Morgan fingerprint density at radius 3 is 2.42 bits per heavy atom. The van der Waals surface area contributed by atoms with Crippen molar-refractivity contribution in [3.8, 4) is 0 Å². The van der Waals surface area contributed by atoms with Crippen molar-refractivity contribution < 1.29 is 18.3 Å². The monoisotopic (exact) mass is 348 g/mol. The molecule has 0 amide bonds. The van der Waals surface area contributed by atoms with Crippen LogP contribution in [-0.2, 0) is 15.8 Å². The Hall–Kier alpha value is -2.61. The van der Waals surface area contributed by atoms with Gasteiger partial charge in [0.05, 0.1) is 5.75 Å². The van der Waals surface area contributed by atoms with Crippen LogP contribution in [0.25, 0.3) is 0 Å². The van der Waals surface area contributed by atoms with Gasteiger partial charge in [-0.2, -0.15) is 0 Å². The highest BCUT2D eigenvalue weighted by atomic mass is 32.2. The second-order valence-electron chi connectivity index (χ2n) is 5.72. The van der Waals surface area contributed by atoms with E-state index in [1.54, 1.807) is 30.3 Å². The molecule has 0 spiro atoms. The van der Waals surface area contributed by atoms with Crippen molar-refractivity contribution in [3.05, 3.63) is 64.1 Å². The molecule has 0 radical (unpaired) electrons. The number of nitrogens with one attached hydrogen (secondary N) is 1. The molecule has 0 saturated heterocycles. The van der Waals surface area contributed by atoms with Crippen molar-refractivity contribution in [1.29, 1.82) is 0 Å². The second-order valence-corrected chi connectivity index (χ2v) is 7.44. The van der Waals surface area contributed by atoms with Crippen LogP contribution >= 0.6 is 0 Å². The maximum Gasteiger partial charge on any atom is 0.418 e. The van der Waals surface area contributed by atoms with Crippen LogP contribution in [0.4, 0.5) is 10.5 Å². The molecule has 1 heterocycles. The number of carboxylic acid groups (broad SMARTS) is 1. The summed E-state index contributed by atoms with van der Waals surface area (Å²) in [6.07, 6.45) is 0.239. The van der Waals surface area contributed by atoms with E-state index in [9.17, 15) is 23.1 Å². The molecule has 1 saturated carbocycles. The Balaban J connectivity index is 1.91. The summed E-state index contributed by atoms with van der Waals surface area (Å²) in [6, 6.07) is 11.3. The van der Waals surface area contributed by atoms with E-state index in [2.05, 4.69) is 4.72 Å². The van der Waals surface area contributed by atoms with Crippen LogP contribution in [0.15, 0.2) is 47.3 Å². The van der Waals surface area contributed by atoms with Gasteiger partial charge < -0.3 is 5.11 Å². The van der Waals surface area contributed by atoms with Gasteiger partial charge in [-0.3, -0.25) is 9.52 Å². The minimum Gasteiger partial charge on any atom is -0.464 e. The molecule has 2 aromatic rings. The van der Waals surface area contributed by atoms with E-state index in [4.69, 9.17) is 0 Å². The van der Waals surface area contributed by atoms with E-state index in [-0.39, 0.29) is 17.4 Å². The molecular weight excluding hydrogens is 332 g/mol. The van der Waals surface area contributed by atoms with Crippen molar-refractivity contribution in [2.24, 2.45) is 0 Å². The molecule has 1 aromatic carbocycles. The van der Waals surface area contributed by atoms with Gasteiger partial charge in [0, 0.05) is 5.69 Å². The summed E-state index contributed by atoms with van der Waals surface area (Å²) in [5.41, 5.74) is -0.169. The predicted octanol–water partition coefficient (Wildman–Crippen LogP) is 2.19. The lowest BCUT2D eigenvalue weighted by atomic mass is 10.2. The van der Waals surface area contributed by atoms with Crippen molar-refractivity contribution in [2.45, 2.75) is 24.5 Å². The Morgan fingerprint density at radius 1 is 1.17 bits per heavy atom. The first kappa shape index (κ1) is 16.3. The van der Waals surface area contributed by atoms with Crippen LogP contribution in [0.2, 0.25) is 0 Å². The van der Waals surface area contributed by atoms with E-state index in [1.807, 2.05) is 0 Å². The summed E-state index contributed by atoms with van der Waals surface area (Å²) in [5.74, 6) is -0.256. The van der Waals surface area contributed by atoms with E-state index in [1.165, 1.54) is 12.1 Å². The lowest BCUT2D eigenvalue weighted by Crippen LogP contribution is -2.32. The average molecular weight is 348 g/mol. The van der Waals surface area contributed by atoms with Crippen molar-refractivity contribution in [2.75, 3.05) is 4.72 Å². The van der Waals surface area contributed by atoms with Crippen molar-refractivity contribution >= 4 is 21.8 Å². The molecule has 0 unspecified atom stereocenters. The summed E-state index contributed by atoms with van der Waals surface area (Å²) in [4.78, 5) is 23.7. The topological polar surface area (TPSA) is 105 Å². The highest BCUT2D eigenvalue weighted by Gasteiger charge is 2.29. The normalized spacial score (nSPS) is 14.3. The Morgan fingerprint density at radius 2 is 1.83 bits per heavy atom. The first-order chi connectivity index (χ1) is 11.4. The molecule has 1 aliphatic rings. The Labute approximate surface area is 138 Å². The number of aromatic nitrogens is 1. The number of anilines is 1. The van der Waals surface area contributed by atoms with Gasteiger partial charge in [0.15, 0.2) is 0 Å². The number of rotatable bonds is 5. The van der Waals surface area contributed by atoms with Gasteiger partial charge in [0.25, 0.3) is 5.56 Å². The van der Waals surface area contributed by atoms with Gasteiger partial charge in [-0.05, 0) is 36.5 Å². The average Bonchev–Trinajstić information content (AvgIpc) is 3.33. The lowest BCUT2D eigenvalue weighted by Gasteiger charge is -2.12. The maximum atomic E-state index is 12.3. The molecule has 3 rings (SSSR count). The molecule has 24 heavy (non-hydrogen) atoms. The zero-order valence-electron chi connectivity index (χ0n) is 12.7. The zero-order chi connectivity index (χ0) is 17.3. The summed E-state index contributed by atoms with van der Waals surface area (Å²) in [7, 11) is -3.83. The van der Waals surface area contributed by atoms with Crippen LogP contribution < -0.4 is 10.3 Å². The van der Waals surface area contributed by atoms with Gasteiger partial charge in [0.2, 0.25) is 10.0 Å². The number of nitrogens with zero attached hydrogens (tertiary/aromatic N) is 1. The SMILES string of the molecule is O=C(O)n1c(C2CC2)ccc(NS(=O)(=O)Cc2ccccc2)c1=O. The summed E-state index contributed by atoms with van der Waals surface area (Å²) in [6.45, 7) is 0. The Bertz CT molecular complexity index is 931. The van der Waals surface area contributed by atoms with Gasteiger partial charge in [-0.1, -0.05) is 30.3 Å². The van der Waals surface area contributed by atoms with Crippen LogP contribution in [0.5, 0.6) is 0 Å². The highest BCUT2D eigenvalue weighted by Crippen LogP contribution is 2.39. The maximum absolute atomic E-state index is 12.3. The predicted molar refractivity (Wildman–Crippen MR) is 88.8 cm³/mol. The number of carbonyl (C=O) groups is 1. The van der Waals surface area contributed by atoms with E-state index >= 15 is 0 Å². The van der Waals surface area contributed by atoms with Crippen LogP contribution in [0.3, 0.4) is 0 Å². The van der Waals surface area contributed by atoms with Gasteiger partial charge >= 0.3 is 6.09 Å². The molecule has 126 valence electrons. The van der Waals surface area contributed by atoms with Gasteiger partial charge in [-0.15, -0.1) is 0 Å². The molecular formula is C16H16N2O5S. The molecule has 7 nitrogen and oxygen atoms in total. The van der Waals surface area contributed by atoms with E-state index in [0.29, 0.717) is 15.8 Å². The molecule has 0 bridgehead atoms. The Kier molecular flexibility index (Phi) is 4.15. The standard InChI is InChI=1S/C16H16N2O5S/c19-15-13(8-9-14(12-6-7-12)18(15)16(20)21)17-24(22,23)10-11-4-2-1-3-5-11/h1-5,8-9,12,17H,6-7,10H2,(H,20,21). The van der Waals surface area contributed by atoms with Crippen LogP contribution in [0, 0.1) is 0 Å². The summed E-state index contributed by atoms with van der Waals surface area (Å²) >= 11 is 0. The van der Waals surface area contributed by atoms with Gasteiger partial charge in [-0.25, -0.2) is 17.8 Å². The fourth-order valence-electron chi connectivity index (χ4n) is 2.52. The fraction of sp³-hybridized carbons (Fsp3) is 0.250. The third-order valence-corrected chi connectivity index (χ3v) is 5.01. The molecule has 8 heteroatoms. The number of sulfonamides is 1. The number of hydrogen-bond donors (Lipinski definition) is 2. The third-order valence-electron chi connectivity index (χ3n) is 3.76. The third kappa shape index (κ3) is 3.48. The lowest BCUT2D eigenvalue weighted by molar-refractivity contribution is 0.194. The van der Waals surface area contributed by atoms with Crippen LogP contribution in [-0.4, -0.2) is 24.2 Å². The highest BCUT2D eigenvalue weighted by molar-refractivity contribution is 7.91. The van der Waals surface area contributed by atoms with E-state index < -0.39 is 21.7 Å². The zero-order valence-corrected chi connectivity index (χ0v) is 13.5. The van der Waals surface area contributed by atoms with E-state index in [0.717, 1.165) is 12.8 Å². The largest absolute Gasteiger partial charge is 0.464 e. The summed E-state index contributed by atoms with van der Waals surface area (Å²) in [5, 5.41) is 9.27. The summed E-state index contributed by atoms with van der Waals surface area (Å²) < 4.78 is 27.3. The number of hydrogen-bond acceptors (Lipinski definition) is 4. The molecule has 1 aromatic heterocycles.